The van der Waals surface area contributed by atoms with Crippen LogP contribution in [0, 0.1) is 13.8 Å². The molecule has 3 N–H and O–H groups in total. The second-order valence-electron chi connectivity index (χ2n) is 6.79. The highest BCUT2D eigenvalue weighted by Crippen LogP contribution is 2.27. The second kappa shape index (κ2) is 7.59. The van der Waals surface area contributed by atoms with Crippen LogP contribution >= 0.6 is 0 Å². The molecule has 0 radical (unpaired) electrons. The molecule has 0 fully saturated rings. The SMILES string of the molecule is Cc1nc2ccc(NC(=O)N(c3ccccc3)c3ccc(N)cc3)cc2nc1C. The number of hydrogen-bond acceptors (Lipinski definition) is 4. The number of nitrogens with one attached hydrogen (secondary N) is 1. The Bertz CT molecular complexity index is 1170. The predicted molar refractivity (Wildman–Crippen MR) is 117 cm³/mol. The van der Waals surface area contributed by atoms with Crippen molar-refractivity contribution < 1.29 is 4.79 Å². The first-order valence-corrected chi connectivity index (χ1v) is 9.28. The quantitative estimate of drug-likeness (QED) is 0.476. The van der Waals surface area contributed by atoms with E-state index in [4.69, 9.17) is 5.73 Å². The number of urea groups is 1. The lowest BCUT2D eigenvalue weighted by Gasteiger charge is -2.23. The number of aromatic nitrogens is 2. The zero-order valence-electron chi connectivity index (χ0n) is 16.3. The molecule has 1 heterocycles. The number of benzene rings is 3. The number of carbonyl (C=O) groups is 1. The number of para-hydroxylation sites is 1. The molecule has 2 amide bonds. The van der Waals surface area contributed by atoms with Crippen LogP contribution in [0.5, 0.6) is 0 Å². The molecule has 6 heteroatoms. The number of rotatable bonds is 3. The van der Waals surface area contributed by atoms with Crippen molar-refractivity contribution in [2.75, 3.05) is 16.0 Å². The van der Waals surface area contributed by atoms with E-state index in [1.165, 1.54) is 0 Å². The molecule has 0 saturated heterocycles. The number of aryl methyl sites for hydroxylation is 2. The van der Waals surface area contributed by atoms with E-state index in [1.807, 2.05) is 74.5 Å². The molecule has 0 unspecified atom stereocenters. The van der Waals surface area contributed by atoms with Gasteiger partial charge in [-0.2, -0.15) is 0 Å². The molecule has 144 valence electrons. The summed E-state index contributed by atoms with van der Waals surface area (Å²) < 4.78 is 0. The van der Waals surface area contributed by atoms with E-state index in [0.717, 1.165) is 33.8 Å². The Balaban J connectivity index is 1.68. The van der Waals surface area contributed by atoms with Gasteiger partial charge in [-0.05, 0) is 68.4 Å². The molecule has 1 aromatic heterocycles. The van der Waals surface area contributed by atoms with Gasteiger partial charge in [-0.25, -0.2) is 14.8 Å². The van der Waals surface area contributed by atoms with Gasteiger partial charge in [0, 0.05) is 11.4 Å². The third-order valence-electron chi connectivity index (χ3n) is 4.70. The third-order valence-corrected chi connectivity index (χ3v) is 4.70. The van der Waals surface area contributed by atoms with Crippen LogP contribution in [-0.2, 0) is 0 Å². The van der Waals surface area contributed by atoms with Crippen LogP contribution in [0.1, 0.15) is 11.4 Å². The lowest BCUT2D eigenvalue weighted by atomic mass is 10.2. The van der Waals surface area contributed by atoms with Crippen LogP contribution in [-0.4, -0.2) is 16.0 Å². The van der Waals surface area contributed by atoms with E-state index < -0.39 is 0 Å². The number of nitrogens with two attached hydrogens (primary N) is 1. The van der Waals surface area contributed by atoms with Crippen LogP contribution in [0.2, 0.25) is 0 Å². The zero-order chi connectivity index (χ0) is 20.4. The Morgan fingerprint density at radius 2 is 1.45 bits per heavy atom. The van der Waals surface area contributed by atoms with Crippen molar-refractivity contribution in [2.45, 2.75) is 13.8 Å². The van der Waals surface area contributed by atoms with Crippen molar-refractivity contribution in [3.63, 3.8) is 0 Å². The van der Waals surface area contributed by atoms with Crippen molar-refractivity contribution in [2.24, 2.45) is 0 Å². The number of nitrogens with zero attached hydrogens (tertiary/aromatic N) is 3. The summed E-state index contributed by atoms with van der Waals surface area (Å²) >= 11 is 0. The highest BCUT2D eigenvalue weighted by Gasteiger charge is 2.18. The van der Waals surface area contributed by atoms with Gasteiger partial charge in [-0.3, -0.25) is 4.90 Å². The molecule has 0 bridgehead atoms. The highest BCUT2D eigenvalue weighted by molar-refractivity contribution is 6.07. The number of fused-ring (bicyclic) bond motifs is 1. The summed E-state index contributed by atoms with van der Waals surface area (Å²) in [7, 11) is 0. The van der Waals surface area contributed by atoms with Gasteiger partial charge in [0.2, 0.25) is 0 Å². The molecular weight excluding hydrogens is 362 g/mol. The molecule has 0 aliphatic carbocycles. The molecule has 0 aliphatic heterocycles. The molecule has 4 aromatic rings. The number of carbonyl (C=O) groups excluding carboxylic acids is 1. The normalized spacial score (nSPS) is 10.7. The number of nitrogen functional groups attached to an aromatic ring is 1. The highest BCUT2D eigenvalue weighted by atomic mass is 16.2. The number of hydrogen-bond donors (Lipinski definition) is 2. The first-order chi connectivity index (χ1) is 14.0. The summed E-state index contributed by atoms with van der Waals surface area (Å²) in [4.78, 5) is 23.9. The number of anilines is 4. The molecule has 0 saturated carbocycles. The molecule has 3 aromatic carbocycles. The average molecular weight is 383 g/mol. The van der Waals surface area contributed by atoms with Crippen LogP contribution < -0.4 is 16.0 Å². The second-order valence-corrected chi connectivity index (χ2v) is 6.79. The smallest absolute Gasteiger partial charge is 0.330 e. The summed E-state index contributed by atoms with van der Waals surface area (Å²) in [5.74, 6) is 0. The monoisotopic (exact) mass is 383 g/mol. The molecule has 29 heavy (non-hydrogen) atoms. The Morgan fingerprint density at radius 3 is 2.14 bits per heavy atom. The maximum atomic E-state index is 13.2. The van der Waals surface area contributed by atoms with E-state index in [9.17, 15) is 4.79 Å². The summed E-state index contributed by atoms with van der Waals surface area (Å²) in [6.07, 6.45) is 0. The van der Waals surface area contributed by atoms with Crippen molar-refractivity contribution in [3.8, 4) is 0 Å². The van der Waals surface area contributed by atoms with Gasteiger partial charge in [0.1, 0.15) is 0 Å². The fourth-order valence-corrected chi connectivity index (χ4v) is 3.07. The zero-order valence-corrected chi connectivity index (χ0v) is 16.3. The summed E-state index contributed by atoms with van der Waals surface area (Å²) in [6.45, 7) is 3.85. The Morgan fingerprint density at radius 1 is 0.828 bits per heavy atom. The topological polar surface area (TPSA) is 84.1 Å². The van der Waals surface area contributed by atoms with E-state index in [1.54, 1.807) is 17.0 Å². The first-order valence-electron chi connectivity index (χ1n) is 9.28. The minimum atomic E-state index is -0.280. The Kier molecular flexibility index (Phi) is 4.83. The Hall–Kier alpha value is -3.93. The average Bonchev–Trinajstić information content (AvgIpc) is 2.71. The van der Waals surface area contributed by atoms with Crippen molar-refractivity contribution in [1.82, 2.24) is 9.97 Å². The van der Waals surface area contributed by atoms with Crippen LogP contribution in [0.3, 0.4) is 0 Å². The molecular formula is C23H21N5O. The Labute approximate surface area is 169 Å². The third kappa shape index (κ3) is 3.87. The summed E-state index contributed by atoms with van der Waals surface area (Å²) in [5.41, 5.74) is 11.9. The lowest BCUT2D eigenvalue weighted by Crippen LogP contribution is -2.30. The summed E-state index contributed by atoms with van der Waals surface area (Å²) in [5, 5.41) is 2.97. The van der Waals surface area contributed by atoms with Gasteiger partial charge < -0.3 is 11.1 Å². The van der Waals surface area contributed by atoms with Gasteiger partial charge in [0.05, 0.1) is 33.8 Å². The van der Waals surface area contributed by atoms with Gasteiger partial charge in [0.15, 0.2) is 0 Å². The van der Waals surface area contributed by atoms with Crippen LogP contribution in [0.4, 0.5) is 27.5 Å². The first kappa shape index (κ1) is 18.4. The van der Waals surface area contributed by atoms with Gasteiger partial charge in [-0.1, -0.05) is 18.2 Å². The maximum Gasteiger partial charge on any atom is 0.330 e. The van der Waals surface area contributed by atoms with Gasteiger partial charge in [0.25, 0.3) is 0 Å². The van der Waals surface area contributed by atoms with Crippen molar-refractivity contribution in [1.29, 1.82) is 0 Å². The summed E-state index contributed by atoms with van der Waals surface area (Å²) in [6, 6.07) is 21.9. The minimum Gasteiger partial charge on any atom is -0.399 e. The maximum absolute atomic E-state index is 13.2. The standard InChI is InChI=1S/C23H21N5O/c1-15-16(2)26-22-14-18(10-13-21(22)25-15)27-23(29)28(19-6-4-3-5-7-19)20-11-8-17(24)9-12-20/h3-14H,24H2,1-2H3,(H,27,29). The molecule has 4 rings (SSSR count). The van der Waals surface area contributed by atoms with E-state index in [0.29, 0.717) is 11.4 Å². The molecule has 0 aliphatic rings. The van der Waals surface area contributed by atoms with Crippen LogP contribution in [0.25, 0.3) is 11.0 Å². The van der Waals surface area contributed by atoms with E-state index in [2.05, 4.69) is 15.3 Å². The lowest BCUT2D eigenvalue weighted by molar-refractivity contribution is 0.259. The fraction of sp³-hybridized carbons (Fsp3) is 0.0870. The molecule has 6 nitrogen and oxygen atoms in total. The minimum absolute atomic E-state index is 0.280. The molecule has 0 atom stereocenters. The van der Waals surface area contributed by atoms with Gasteiger partial charge >= 0.3 is 6.03 Å². The van der Waals surface area contributed by atoms with Crippen molar-refractivity contribution in [3.05, 3.63) is 84.2 Å². The van der Waals surface area contributed by atoms with E-state index in [-0.39, 0.29) is 6.03 Å². The molecule has 0 spiro atoms. The van der Waals surface area contributed by atoms with Crippen LogP contribution in [0.15, 0.2) is 72.8 Å². The predicted octanol–water partition coefficient (Wildman–Crippen LogP) is 5.20. The van der Waals surface area contributed by atoms with E-state index >= 15 is 0 Å². The van der Waals surface area contributed by atoms with Crippen molar-refractivity contribution >= 4 is 39.8 Å². The number of amides is 2. The largest absolute Gasteiger partial charge is 0.399 e. The van der Waals surface area contributed by atoms with Gasteiger partial charge in [-0.15, -0.1) is 0 Å². The fourth-order valence-electron chi connectivity index (χ4n) is 3.07.